The SMILES string of the molecule is C=CCOc1ccccc1CNc1ccc(F)c(F)c1. The number of ether oxygens (including phenoxy) is 1. The van der Waals surface area contributed by atoms with Crippen LogP contribution in [0.3, 0.4) is 0 Å². The van der Waals surface area contributed by atoms with E-state index in [2.05, 4.69) is 11.9 Å². The molecule has 0 aromatic heterocycles. The van der Waals surface area contributed by atoms with Gasteiger partial charge >= 0.3 is 0 Å². The first-order valence-corrected chi connectivity index (χ1v) is 6.21. The second-order valence-electron chi connectivity index (χ2n) is 4.19. The number of hydrogen-bond donors (Lipinski definition) is 1. The van der Waals surface area contributed by atoms with E-state index in [1.54, 1.807) is 6.08 Å². The second-order valence-corrected chi connectivity index (χ2v) is 4.19. The quantitative estimate of drug-likeness (QED) is 0.800. The summed E-state index contributed by atoms with van der Waals surface area (Å²) in [5.74, 6) is -0.987. The van der Waals surface area contributed by atoms with Crippen molar-refractivity contribution in [2.24, 2.45) is 0 Å². The van der Waals surface area contributed by atoms with E-state index in [4.69, 9.17) is 4.74 Å². The van der Waals surface area contributed by atoms with Crippen LogP contribution < -0.4 is 10.1 Å². The van der Waals surface area contributed by atoms with E-state index in [1.165, 1.54) is 6.07 Å². The van der Waals surface area contributed by atoms with Crippen molar-refractivity contribution in [1.82, 2.24) is 0 Å². The van der Waals surface area contributed by atoms with Crippen molar-refractivity contribution in [3.05, 3.63) is 72.3 Å². The molecule has 0 heterocycles. The summed E-state index contributed by atoms with van der Waals surface area (Å²) in [6.45, 7) is 4.47. The van der Waals surface area contributed by atoms with Gasteiger partial charge in [-0.15, -0.1) is 0 Å². The van der Waals surface area contributed by atoms with Crippen LogP contribution in [0.5, 0.6) is 5.75 Å². The molecule has 4 heteroatoms. The maximum atomic E-state index is 13.1. The third-order valence-electron chi connectivity index (χ3n) is 2.73. The zero-order valence-electron chi connectivity index (χ0n) is 10.9. The van der Waals surface area contributed by atoms with Gasteiger partial charge in [-0.05, 0) is 18.2 Å². The van der Waals surface area contributed by atoms with Crippen molar-refractivity contribution in [1.29, 1.82) is 0 Å². The van der Waals surface area contributed by atoms with E-state index in [0.717, 1.165) is 23.4 Å². The highest BCUT2D eigenvalue weighted by atomic mass is 19.2. The Bertz CT molecular complexity index is 599. The molecular weight excluding hydrogens is 260 g/mol. The molecule has 2 aromatic carbocycles. The molecule has 0 fully saturated rings. The summed E-state index contributed by atoms with van der Waals surface area (Å²) in [6, 6.07) is 11.2. The van der Waals surface area contributed by atoms with Gasteiger partial charge in [0.15, 0.2) is 11.6 Å². The Kier molecular flexibility index (Phi) is 4.71. The molecule has 2 nitrogen and oxygen atoms in total. The second kappa shape index (κ2) is 6.70. The zero-order valence-corrected chi connectivity index (χ0v) is 10.9. The van der Waals surface area contributed by atoms with Gasteiger partial charge in [0.1, 0.15) is 12.4 Å². The molecule has 0 aliphatic rings. The van der Waals surface area contributed by atoms with Crippen molar-refractivity contribution in [3.8, 4) is 5.75 Å². The third kappa shape index (κ3) is 3.57. The Morgan fingerprint density at radius 2 is 1.90 bits per heavy atom. The predicted molar refractivity (Wildman–Crippen MR) is 75.8 cm³/mol. The molecule has 0 saturated carbocycles. The predicted octanol–water partition coefficient (Wildman–Crippen LogP) is 4.14. The molecule has 0 saturated heterocycles. The van der Waals surface area contributed by atoms with Crippen LogP contribution in [-0.2, 0) is 6.54 Å². The first-order chi connectivity index (χ1) is 9.70. The van der Waals surface area contributed by atoms with Crippen LogP contribution in [0.15, 0.2) is 55.1 Å². The van der Waals surface area contributed by atoms with Gasteiger partial charge in [0, 0.05) is 23.9 Å². The molecule has 1 N–H and O–H groups in total. The lowest BCUT2D eigenvalue weighted by atomic mass is 10.2. The van der Waals surface area contributed by atoms with Crippen molar-refractivity contribution in [2.45, 2.75) is 6.54 Å². The summed E-state index contributed by atoms with van der Waals surface area (Å²) in [6.07, 6.45) is 1.67. The molecule has 0 radical (unpaired) electrons. The van der Waals surface area contributed by atoms with Crippen LogP contribution in [-0.4, -0.2) is 6.61 Å². The molecule has 0 spiro atoms. The molecule has 0 aliphatic carbocycles. The number of rotatable bonds is 6. The minimum absolute atomic E-state index is 0.419. The fourth-order valence-electron chi connectivity index (χ4n) is 1.74. The number of nitrogens with one attached hydrogen (secondary N) is 1. The summed E-state index contributed by atoms with van der Waals surface area (Å²) in [5, 5.41) is 3.03. The van der Waals surface area contributed by atoms with Crippen molar-refractivity contribution < 1.29 is 13.5 Å². The van der Waals surface area contributed by atoms with Crippen LogP contribution in [0, 0.1) is 11.6 Å². The minimum Gasteiger partial charge on any atom is -0.489 e. The summed E-state index contributed by atoms with van der Waals surface area (Å²) in [7, 11) is 0. The molecule has 0 unspecified atom stereocenters. The number of hydrogen-bond acceptors (Lipinski definition) is 2. The third-order valence-corrected chi connectivity index (χ3v) is 2.73. The highest BCUT2D eigenvalue weighted by Gasteiger charge is 2.05. The maximum Gasteiger partial charge on any atom is 0.160 e. The Morgan fingerprint density at radius 3 is 2.65 bits per heavy atom. The van der Waals surface area contributed by atoms with Crippen LogP contribution in [0.25, 0.3) is 0 Å². The van der Waals surface area contributed by atoms with Gasteiger partial charge in [0.05, 0.1) is 0 Å². The van der Waals surface area contributed by atoms with E-state index in [9.17, 15) is 8.78 Å². The number of benzene rings is 2. The van der Waals surface area contributed by atoms with Gasteiger partial charge < -0.3 is 10.1 Å². The largest absolute Gasteiger partial charge is 0.489 e. The maximum absolute atomic E-state index is 13.1. The molecule has 0 atom stereocenters. The highest BCUT2D eigenvalue weighted by Crippen LogP contribution is 2.20. The summed E-state index contributed by atoms with van der Waals surface area (Å²) in [5.41, 5.74) is 1.45. The lowest BCUT2D eigenvalue weighted by Crippen LogP contribution is -2.03. The zero-order chi connectivity index (χ0) is 14.4. The van der Waals surface area contributed by atoms with Gasteiger partial charge in [-0.2, -0.15) is 0 Å². The van der Waals surface area contributed by atoms with Crippen LogP contribution in [0.2, 0.25) is 0 Å². The van der Waals surface area contributed by atoms with Gasteiger partial charge in [0.2, 0.25) is 0 Å². The standard InChI is InChI=1S/C16H15F2NO/c1-2-9-20-16-6-4-3-5-12(16)11-19-13-7-8-14(17)15(18)10-13/h2-8,10,19H,1,9,11H2. The Labute approximate surface area is 116 Å². The topological polar surface area (TPSA) is 21.3 Å². The van der Waals surface area contributed by atoms with Gasteiger partial charge in [-0.1, -0.05) is 30.9 Å². The minimum atomic E-state index is -0.869. The number of para-hydroxylation sites is 1. The highest BCUT2D eigenvalue weighted by molar-refractivity contribution is 5.45. The van der Waals surface area contributed by atoms with Gasteiger partial charge in [-0.25, -0.2) is 8.78 Å². The van der Waals surface area contributed by atoms with Gasteiger partial charge in [0.25, 0.3) is 0 Å². The van der Waals surface area contributed by atoms with Gasteiger partial charge in [-0.3, -0.25) is 0 Å². The van der Waals surface area contributed by atoms with Crippen molar-refractivity contribution in [2.75, 3.05) is 11.9 Å². The van der Waals surface area contributed by atoms with Crippen LogP contribution >= 0.6 is 0 Å². The van der Waals surface area contributed by atoms with Crippen LogP contribution in [0.1, 0.15) is 5.56 Å². The normalized spacial score (nSPS) is 10.1. The Balaban J connectivity index is 2.06. The average Bonchev–Trinajstić information content (AvgIpc) is 2.47. The smallest absolute Gasteiger partial charge is 0.160 e. The van der Waals surface area contributed by atoms with Crippen molar-refractivity contribution in [3.63, 3.8) is 0 Å². The fraction of sp³-hybridized carbons (Fsp3) is 0.125. The first-order valence-electron chi connectivity index (χ1n) is 6.21. The molecule has 2 aromatic rings. The van der Waals surface area contributed by atoms with E-state index in [1.807, 2.05) is 24.3 Å². The summed E-state index contributed by atoms with van der Waals surface area (Å²) < 4.78 is 31.5. The monoisotopic (exact) mass is 275 g/mol. The molecule has 0 bridgehead atoms. The first kappa shape index (κ1) is 14.1. The molecule has 0 amide bonds. The van der Waals surface area contributed by atoms with Crippen molar-refractivity contribution >= 4 is 5.69 Å². The average molecular weight is 275 g/mol. The van der Waals surface area contributed by atoms with E-state index in [0.29, 0.717) is 18.8 Å². The molecule has 2 rings (SSSR count). The van der Waals surface area contributed by atoms with E-state index < -0.39 is 11.6 Å². The molecule has 0 aliphatic heterocycles. The Morgan fingerprint density at radius 1 is 1.10 bits per heavy atom. The number of anilines is 1. The lowest BCUT2D eigenvalue weighted by molar-refractivity contribution is 0.359. The lowest BCUT2D eigenvalue weighted by Gasteiger charge is -2.12. The Hall–Kier alpha value is -2.36. The molecule has 20 heavy (non-hydrogen) atoms. The fourth-order valence-corrected chi connectivity index (χ4v) is 1.74. The van der Waals surface area contributed by atoms with E-state index in [-0.39, 0.29) is 0 Å². The molecular formula is C16H15F2NO. The number of halogens is 2. The van der Waals surface area contributed by atoms with Crippen LogP contribution in [0.4, 0.5) is 14.5 Å². The molecule has 104 valence electrons. The summed E-state index contributed by atoms with van der Waals surface area (Å²) in [4.78, 5) is 0. The summed E-state index contributed by atoms with van der Waals surface area (Å²) >= 11 is 0. The van der Waals surface area contributed by atoms with E-state index >= 15 is 0 Å².